The summed E-state index contributed by atoms with van der Waals surface area (Å²) in [5, 5.41) is 17.2. The van der Waals surface area contributed by atoms with Crippen molar-refractivity contribution in [2.24, 2.45) is 11.8 Å². The van der Waals surface area contributed by atoms with Gasteiger partial charge in [-0.15, -0.1) is 0 Å². The van der Waals surface area contributed by atoms with Crippen LogP contribution in [0.5, 0.6) is 0 Å². The second kappa shape index (κ2) is 10.3. The first-order chi connectivity index (χ1) is 17.2. The molecule has 188 valence electrons. The van der Waals surface area contributed by atoms with Gasteiger partial charge in [-0.3, -0.25) is 19.2 Å². The molecule has 3 aromatic rings. The molecule has 0 spiro atoms. The molecule has 0 aliphatic carbocycles. The first kappa shape index (κ1) is 25.0. The van der Waals surface area contributed by atoms with E-state index in [0.29, 0.717) is 22.0 Å². The Balaban J connectivity index is 1.49. The van der Waals surface area contributed by atoms with Crippen molar-refractivity contribution in [2.75, 3.05) is 26.2 Å². The van der Waals surface area contributed by atoms with Crippen molar-refractivity contribution in [1.29, 1.82) is 0 Å². The largest absolute Gasteiger partial charge is 0.481 e. The minimum Gasteiger partial charge on any atom is -0.481 e. The van der Waals surface area contributed by atoms with E-state index in [1.165, 1.54) is 21.9 Å². The van der Waals surface area contributed by atoms with E-state index in [2.05, 4.69) is 10.2 Å². The summed E-state index contributed by atoms with van der Waals surface area (Å²) in [6.45, 7) is 4.05. The summed E-state index contributed by atoms with van der Waals surface area (Å²) in [5.74, 6) is -4.30. The Kier molecular flexibility index (Phi) is 7.14. The number of rotatable bonds is 6. The van der Waals surface area contributed by atoms with Crippen molar-refractivity contribution < 1.29 is 23.9 Å². The predicted octanol–water partition coefficient (Wildman–Crippen LogP) is 2.29. The molecule has 36 heavy (non-hydrogen) atoms. The van der Waals surface area contributed by atoms with Crippen LogP contribution in [0.1, 0.15) is 35.5 Å². The van der Waals surface area contributed by atoms with Gasteiger partial charge in [-0.05, 0) is 29.7 Å². The molecule has 1 aromatic heterocycles. The van der Waals surface area contributed by atoms with Gasteiger partial charge in [0.05, 0.1) is 16.6 Å². The molecule has 2 N–H and O–H groups in total. The van der Waals surface area contributed by atoms with Crippen LogP contribution in [-0.4, -0.2) is 69.1 Å². The Morgan fingerprint density at radius 2 is 1.67 bits per heavy atom. The van der Waals surface area contributed by atoms with E-state index in [0.717, 1.165) is 0 Å². The summed E-state index contributed by atoms with van der Waals surface area (Å²) in [5.41, 5.74) is 0.858. The number of carbonyl (C=O) groups excluding carboxylic acids is 2. The van der Waals surface area contributed by atoms with Crippen LogP contribution < -0.4 is 5.56 Å². The number of aliphatic carboxylic acids is 1. The SMILES string of the molecule is CC(C)C(C(=O)O)C(=O)N1CCN(C(=O)c2cc(Cc3n[nH]c(=O)c4ccccc34)ccc2F)CC1. The van der Waals surface area contributed by atoms with Gasteiger partial charge in [-0.25, -0.2) is 9.49 Å². The minimum absolute atomic E-state index is 0.0911. The number of hydrogen-bond acceptors (Lipinski definition) is 5. The zero-order chi connectivity index (χ0) is 26.0. The number of nitrogens with zero attached hydrogens (tertiary/aromatic N) is 3. The molecule has 0 bridgehead atoms. The maximum Gasteiger partial charge on any atom is 0.316 e. The van der Waals surface area contributed by atoms with Gasteiger partial charge in [0, 0.05) is 38.0 Å². The van der Waals surface area contributed by atoms with Crippen LogP contribution in [-0.2, 0) is 16.0 Å². The molecule has 1 saturated heterocycles. The number of piperazine rings is 1. The van der Waals surface area contributed by atoms with Crippen molar-refractivity contribution >= 4 is 28.6 Å². The highest BCUT2D eigenvalue weighted by molar-refractivity contribution is 5.98. The molecule has 1 fully saturated rings. The fourth-order valence-electron chi connectivity index (χ4n) is 4.52. The smallest absolute Gasteiger partial charge is 0.316 e. The minimum atomic E-state index is -1.17. The topological polar surface area (TPSA) is 124 Å². The van der Waals surface area contributed by atoms with Crippen molar-refractivity contribution in [2.45, 2.75) is 20.3 Å². The third kappa shape index (κ3) is 4.98. The highest BCUT2D eigenvalue weighted by Crippen LogP contribution is 2.21. The van der Waals surface area contributed by atoms with Crippen LogP contribution >= 0.6 is 0 Å². The van der Waals surface area contributed by atoms with E-state index in [9.17, 15) is 28.7 Å². The van der Waals surface area contributed by atoms with Crippen molar-refractivity contribution in [3.8, 4) is 0 Å². The summed E-state index contributed by atoms with van der Waals surface area (Å²) < 4.78 is 14.7. The van der Waals surface area contributed by atoms with Crippen molar-refractivity contribution in [3.05, 3.63) is 75.5 Å². The first-order valence-corrected chi connectivity index (χ1v) is 11.7. The van der Waals surface area contributed by atoms with Gasteiger partial charge in [0.15, 0.2) is 0 Å². The molecule has 1 atom stereocenters. The van der Waals surface area contributed by atoms with Crippen LogP contribution in [0.3, 0.4) is 0 Å². The molecule has 1 aliphatic heterocycles. The highest BCUT2D eigenvalue weighted by atomic mass is 19.1. The third-order valence-electron chi connectivity index (χ3n) is 6.49. The van der Waals surface area contributed by atoms with Crippen LogP contribution in [0.25, 0.3) is 10.8 Å². The monoisotopic (exact) mass is 494 g/mol. The number of aromatic amines is 1. The number of aromatic nitrogens is 2. The molecule has 2 heterocycles. The second-order valence-corrected chi connectivity index (χ2v) is 9.21. The molecule has 0 saturated carbocycles. The zero-order valence-electron chi connectivity index (χ0n) is 20.0. The molecule has 1 unspecified atom stereocenters. The third-order valence-corrected chi connectivity index (χ3v) is 6.49. The lowest BCUT2D eigenvalue weighted by molar-refractivity contribution is -0.154. The number of amides is 2. The maximum atomic E-state index is 14.7. The number of carboxylic acid groups (broad SMARTS) is 1. The first-order valence-electron chi connectivity index (χ1n) is 11.7. The van der Waals surface area contributed by atoms with Gasteiger partial charge in [0.25, 0.3) is 11.5 Å². The Hall–Kier alpha value is -4.08. The van der Waals surface area contributed by atoms with E-state index >= 15 is 0 Å². The Bertz CT molecular complexity index is 1380. The number of halogens is 1. The molecule has 10 heteroatoms. The van der Waals surface area contributed by atoms with E-state index in [1.807, 2.05) is 0 Å². The Morgan fingerprint density at radius 3 is 2.31 bits per heavy atom. The summed E-state index contributed by atoms with van der Waals surface area (Å²) >= 11 is 0. The number of carboxylic acids is 1. The van der Waals surface area contributed by atoms with Crippen LogP contribution in [0, 0.1) is 17.7 Å². The molecular weight excluding hydrogens is 467 g/mol. The number of nitrogens with one attached hydrogen (secondary N) is 1. The molecular formula is C26H27FN4O5. The quantitative estimate of drug-likeness (QED) is 0.507. The lowest BCUT2D eigenvalue weighted by Crippen LogP contribution is -2.53. The normalized spacial score (nSPS) is 14.8. The second-order valence-electron chi connectivity index (χ2n) is 9.21. The molecule has 0 radical (unpaired) electrons. The standard InChI is InChI=1S/C26H27FN4O5/c1-15(2)22(26(35)36)25(34)31-11-9-30(10-12-31)24(33)19-13-16(7-8-20(19)27)14-21-17-5-3-4-6-18(17)23(32)29-28-21/h3-8,13,15,22H,9-12,14H2,1-2H3,(H,29,32)(H,35,36). The summed E-state index contributed by atoms with van der Waals surface area (Å²) in [7, 11) is 0. The molecule has 2 aromatic carbocycles. The van der Waals surface area contributed by atoms with E-state index < -0.39 is 29.5 Å². The fraction of sp³-hybridized carbons (Fsp3) is 0.346. The average molecular weight is 495 g/mol. The highest BCUT2D eigenvalue weighted by Gasteiger charge is 2.35. The molecule has 1 aliphatic rings. The predicted molar refractivity (Wildman–Crippen MR) is 130 cm³/mol. The van der Waals surface area contributed by atoms with E-state index in [-0.39, 0.29) is 49.6 Å². The summed E-state index contributed by atoms with van der Waals surface area (Å²) in [4.78, 5) is 52.3. The summed E-state index contributed by atoms with van der Waals surface area (Å²) in [6.07, 6.45) is 0.284. The maximum absolute atomic E-state index is 14.7. The number of H-pyrrole nitrogens is 1. The lowest BCUT2D eigenvalue weighted by atomic mass is 9.94. The van der Waals surface area contributed by atoms with Gasteiger partial charge in [0.1, 0.15) is 11.7 Å². The number of hydrogen-bond donors (Lipinski definition) is 2. The Morgan fingerprint density at radius 1 is 1.03 bits per heavy atom. The molecule has 9 nitrogen and oxygen atoms in total. The van der Waals surface area contributed by atoms with Gasteiger partial charge in [0.2, 0.25) is 5.91 Å². The van der Waals surface area contributed by atoms with E-state index in [4.69, 9.17) is 0 Å². The van der Waals surface area contributed by atoms with Gasteiger partial charge in [-0.2, -0.15) is 5.10 Å². The van der Waals surface area contributed by atoms with Crippen LogP contribution in [0.4, 0.5) is 4.39 Å². The van der Waals surface area contributed by atoms with Crippen LogP contribution in [0.15, 0.2) is 47.3 Å². The average Bonchev–Trinajstić information content (AvgIpc) is 2.86. The number of carbonyl (C=O) groups is 3. The van der Waals surface area contributed by atoms with Crippen molar-refractivity contribution in [3.63, 3.8) is 0 Å². The number of benzene rings is 2. The zero-order valence-corrected chi connectivity index (χ0v) is 20.0. The van der Waals surface area contributed by atoms with Gasteiger partial charge < -0.3 is 14.9 Å². The molecule has 2 amide bonds. The number of fused-ring (bicyclic) bond motifs is 1. The Labute approximate surface area is 206 Å². The molecule has 4 rings (SSSR count). The van der Waals surface area contributed by atoms with Gasteiger partial charge in [-0.1, -0.05) is 38.1 Å². The van der Waals surface area contributed by atoms with Gasteiger partial charge >= 0.3 is 5.97 Å². The van der Waals surface area contributed by atoms with Crippen LogP contribution in [0.2, 0.25) is 0 Å². The summed E-state index contributed by atoms with van der Waals surface area (Å²) in [6, 6.07) is 11.3. The fourth-order valence-corrected chi connectivity index (χ4v) is 4.52. The van der Waals surface area contributed by atoms with Crippen molar-refractivity contribution in [1.82, 2.24) is 20.0 Å². The lowest BCUT2D eigenvalue weighted by Gasteiger charge is -2.36. The van der Waals surface area contributed by atoms with E-state index in [1.54, 1.807) is 44.2 Å².